The highest BCUT2D eigenvalue weighted by atomic mass is 16.4. The van der Waals surface area contributed by atoms with Crippen LogP contribution in [0.3, 0.4) is 0 Å². The first-order valence-electron chi connectivity index (χ1n) is 5.94. The Balaban J connectivity index is 2.83. The Hall–Kier alpha value is -0.570. The molecule has 1 aliphatic rings. The highest BCUT2D eigenvalue weighted by Crippen LogP contribution is 2.43. The Morgan fingerprint density at radius 3 is 2.20 bits per heavy atom. The van der Waals surface area contributed by atoms with E-state index in [1.54, 1.807) is 0 Å². The van der Waals surface area contributed by atoms with E-state index in [4.69, 9.17) is 0 Å². The van der Waals surface area contributed by atoms with Gasteiger partial charge in [-0.2, -0.15) is 0 Å². The van der Waals surface area contributed by atoms with Gasteiger partial charge in [-0.05, 0) is 45.6 Å². The van der Waals surface area contributed by atoms with Crippen LogP contribution in [0, 0.1) is 5.92 Å². The molecule has 88 valence electrons. The molecule has 1 saturated carbocycles. The van der Waals surface area contributed by atoms with Crippen molar-refractivity contribution in [2.75, 3.05) is 7.05 Å². The molecule has 3 heteroatoms. The first-order chi connectivity index (χ1) is 6.98. The number of rotatable bonds is 6. The minimum atomic E-state index is -0.667. The third-order valence-corrected chi connectivity index (χ3v) is 4.03. The fourth-order valence-corrected chi connectivity index (χ4v) is 2.47. The van der Waals surface area contributed by atoms with Crippen molar-refractivity contribution in [2.45, 2.75) is 58.0 Å². The van der Waals surface area contributed by atoms with Gasteiger partial charge in [0, 0.05) is 6.04 Å². The third kappa shape index (κ3) is 2.17. The second kappa shape index (κ2) is 4.52. The molecule has 1 fully saturated rings. The lowest BCUT2D eigenvalue weighted by molar-refractivity contribution is -0.153. The van der Waals surface area contributed by atoms with Crippen LogP contribution in [0.25, 0.3) is 0 Å². The Morgan fingerprint density at radius 1 is 1.47 bits per heavy atom. The summed E-state index contributed by atoms with van der Waals surface area (Å²) in [6.45, 7) is 6.13. The lowest BCUT2D eigenvalue weighted by Gasteiger charge is -2.40. The molecule has 1 atom stereocenters. The van der Waals surface area contributed by atoms with E-state index >= 15 is 0 Å². The minimum Gasteiger partial charge on any atom is -0.480 e. The van der Waals surface area contributed by atoms with Crippen LogP contribution in [0.2, 0.25) is 0 Å². The molecule has 15 heavy (non-hydrogen) atoms. The van der Waals surface area contributed by atoms with Crippen molar-refractivity contribution in [3.8, 4) is 0 Å². The molecule has 0 aromatic heterocycles. The van der Waals surface area contributed by atoms with Crippen molar-refractivity contribution in [3.05, 3.63) is 0 Å². The summed E-state index contributed by atoms with van der Waals surface area (Å²) in [4.78, 5) is 13.5. The van der Waals surface area contributed by atoms with Gasteiger partial charge < -0.3 is 5.11 Å². The van der Waals surface area contributed by atoms with Gasteiger partial charge in [0.2, 0.25) is 0 Å². The van der Waals surface area contributed by atoms with E-state index in [9.17, 15) is 9.90 Å². The number of hydrogen-bond acceptors (Lipinski definition) is 2. The molecular weight excluding hydrogens is 190 g/mol. The van der Waals surface area contributed by atoms with E-state index in [0.29, 0.717) is 12.0 Å². The lowest BCUT2D eigenvalue weighted by atomic mass is 9.91. The molecule has 0 spiro atoms. The fraction of sp³-hybridized carbons (Fsp3) is 0.917. The Labute approximate surface area is 92.5 Å². The van der Waals surface area contributed by atoms with Crippen LogP contribution >= 0.6 is 0 Å². The number of hydrogen-bond donors (Lipinski definition) is 1. The number of carbonyl (C=O) groups is 1. The minimum absolute atomic E-state index is 0.348. The van der Waals surface area contributed by atoms with Crippen LogP contribution in [-0.4, -0.2) is 34.6 Å². The molecule has 0 heterocycles. The van der Waals surface area contributed by atoms with E-state index in [-0.39, 0.29) is 0 Å². The zero-order valence-corrected chi connectivity index (χ0v) is 10.3. The van der Waals surface area contributed by atoms with Crippen molar-refractivity contribution in [2.24, 2.45) is 5.92 Å². The van der Waals surface area contributed by atoms with E-state index < -0.39 is 11.5 Å². The van der Waals surface area contributed by atoms with Crippen LogP contribution in [0.5, 0.6) is 0 Å². The predicted molar refractivity (Wildman–Crippen MR) is 60.9 cm³/mol. The average molecular weight is 213 g/mol. The highest BCUT2D eigenvalue weighted by molar-refractivity contribution is 5.79. The smallest absolute Gasteiger partial charge is 0.324 e. The summed E-state index contributed by atoms with van der Waals surface area (Å²) in [5.41, 5.74) is -0.656. The van der Waals surface area contributed by atoms with Gasteiger partial charge in [0.25, 0.3) is 0 Å². The molecule has 3 nitrogen and oxygen atoms in total. The highest BCUT2D eigenvalue weighted by Gasteiger charge is 2.51. The summed E-state index contributed by atoms with van der Waals surface area (Å²) in [6, 6.07) is 0.381. The number of carboxylic acids is 1. The molecule has 1 rings (SSSR count). The van der Waals surface area contributed by atoms with Gasteiger partial charge in [0.05, 0.1) is 0 Å². The zero-order chi connectivity index (χ0) is 11.6. The first kappa shape index (κ1) is 12.5. The van der Waals surface area contributed by atoms with E-state index in [2.05, 4.69) is 18.7 Å². The maximum atomic E-state index is 11.4. The summed E-state index contributed by atoms with van der Waals surface area (Å²) in [6.07, 6.45) is 4.16. The molecule has 0 aliphatic heterocycles. The van der Waals surface area contributed by atoms with Crippen LogP contribution in [0.1, 0.15) is 46.5 Å². The zero-order valence-electron chi connectivity index (χ0n) is 10.3. The maximum absolute atomic E-state index is 11.4. The van der Waals surface area contributed by atoms with Crippen LogP contribution in [-0.2, 0) is 4.79 Å². The topological polar surface area (TPSA) is 40.5 Å². The SMILES string of the molecule is CCC(CC)N(C)C(C)(C(=O)O)C1CC1. The maximum Gasteiger partial charge on any atom is 0.324 e. The van der Waals surface area contributed by atoms with Crippen molar-refractivity contribution < 1.29 is 9.90 Å². The molecule has 1 N–H and O–H groups in total. The molecule has 0 bridgehead atoms. The van der Waals surface area contributed by atoms with Gasteiger partial charge in [0.15, 0.2) is 0 Å². The molecule has 1 unspecified atom stereocenters. The summed E-state index contributed by atoms with van der Waals surface area (Å²) in [5.74, 6) is -0.319. The number of nitrogens with zero attached hydrogens (tertiary/aromatic N) is 1. The predicted octanol–water partition coefficient (Wildman–Crippen LogP) is 2.36. The molecule has 0 aromatic rings. The molecule has 1 aliphatic carbocycles. The number of aliphatic carboxylic acids is 1. The van der Waals surface area contributed by atoms with Crippen molar-refractivity contribution in [3.63, 3.8) is 0 Å². The van der Waals surface area contributed by atoms with Crippen LogP contribution in [0.4, 0.5) is 0 Å². The molecule has 0 radical (unpaired) electrons. The Morgan fingerprint density at radius 2 is 1.93 bits per heavy atom. The van der Waals surface area contributed by atoms with Gasteiger partial charge in [-0.1, -0.05) is 13.8 Å². The van der Waals surface area contributed by atoms with Crippen LogP contribution < -0.4 is 0 Å². The van der Waals surface area contributed by atoms with Crippen molar-refractivity contribution >= 4 is 5.97 Å². The van der Waals surface area contributed by atoms with Gasteiger partial charge in [0.1, 0.15) is 5.54 Å². The van der Waals surface area contributed by atoms with E-state index in [1.165, 1.54) is 0 Å². The summed E-state index contributed by atoms with van der Waals surface area (Å²) >= 11 is 0. The Kier molecular flexibility index (Phi) is 3.77. The third-order valence-electron chi connectivity index (χ3n) is 4.03. The summed E-state index contributed by atoms with van der Waals surface area (Å²) < 4.78 is 0. The number of likely N-dealkylation sites (N-methyl/N-ethyl adjacent to an activating group) is 1. The lowest BCUT2D eigenvalue weighted by Crippen LogP contribution is -2.56. The van der Waals surface area contributed by atoms with Crippen LogP contribution in [0.15, 0.2) is 0 Å². The summed E-state index contributed by atoms with van der Waals surface area (Å²) in [7, 11) is 1.96. The van der Waals surface area contributed by atoms with Gasteiger partial charge in [-0.25, -0.2) is 0 Å². The molecule has 0 amide bonds. The van der Waals surface area contributed by atoms with Crippen molar-refractivity contribution in [1.82, 2.24) is 4.90 Å². The number of carboxylic acid groups (broad SMARTS) is 1. The standard InChI is InChI=1S/C12H23NO2/c1-5-10(6-2)13(4)12(3,11(14)15)9-7-8-9/h9-10H,5-8H2,1-4H3,(H,14,15). The fourth-order valence-electron chi connectivity index (χ4n) is 2.47. The monoisotopic (exact) mass is 213 g/mol. The quantitative estimate of drug-likeness (QED) is 0.736. The van der Waals surface area contributed by atoms with Gasteiger partial charge >= 0.3 is 5.97 Å². The summed E-state index contributed by atoms with van der Waals surface area (Å²) in [5, 5.41) is 9.41. The Bertz CT molecular complexity index is 234. The van der Waals surface area contributed by atoms with Gasteiger partial charge in [-0.3, -0.25) is 9.69 Å². The first-order valence-corrected chi connectivity index (χ1v) is 5.94. The van der Waals surface area contributed by atoms with Gasteiger partial charge in [-0.15, -0.1) is 0 Å². The second-order valence-electron chi connectivity index (χ2n) is 4.81. The average Bonchev–Trinajstić information content (AvgIpc) is 3.01. The van der Waals surface area contributed by atoms with Crippen molar-refractivity contribution in [1.29, 1.82) is 0 Å². The molecule has 0 saturated heterocycles. The molecule has 0 aromatic carbocycles. The normalized spacial score (nSPS) is 20.7. The van der Waals surface area contributed by atoms with E-state index in [0.717, 1.165) is 25.7 Å². The second-order valence-corrected chi connectivity index (χ2v) is 4.81. The van der Waals surface area contributed by atoms with E-state index in [1.807, 2.05) is 14.0 Å². The molecular formula is C12H23NO2. The largest absolute Gasteiger partial charge is 0.480 e.